The third-order valence-corrected chi connectivity index (χ3v) is 3.72. The van der Waals surface area contributed by atoms with Gasteiger partial charge in [0.15, 0.2) is 0 Å². The van der Waals surface area contributed by atoms with Crippen molar-refractivity contribution in [2.75, 3.05) is 12.4 Å². The predicted octanol–water partition coefficient (Wildman–Crippen LogP) is 1.57. The highest BCUT2D eigenvalue weighted by Gasteiger charge is 2.21. The van der Waals surface area contributed by atoms with Crippen LogP contribution in [0.1, 0.15) is 35.0 Å². The number of furan rings is 1. The Morgan fingerprint density at radius 3 is 2.72 bits per heavy atom. The molecule has 1 aromatic rings. The summed E-state index contributed by atoms with van der Waals surface area (Å²) in [7, 11) is -3.79. The number of amides is 1. The number of halogens is 1. The van der Waals surface area contributed by atoms with E-state index in [1.807, 2.05) is 4.72 Å². The van der Waals surface area contributed by atoms with Crippen LogP contribution in [0.2, 0.25) is 0 Å². The lowest BCUT2D eigenvalue weighted by atomic mass is 10.1. The largest absolute Gasteiger partial charge is 0.468 e. The topological polar surface area (TPSA) is 76.4 Å². The number of carbonyl (C=O) groups is 1. The Hall–Kier alpha value is -1.37. The summed E-state index contributed by atoms with van der Waals surface area (Å²) in [5.41, 5.74) is 0.811. The molecule has 0 spiro atoms. The number of alkyl halides is 1. The zero-order chi connectivity index (χ0) is 13.8. The molecule has 0 aliphatic heterocycles. The zero-order valence-electron chi connectivity index (χ0n) is 10.3. The second-order valence-corrected chi connectivity index (χ2v) is 5.70. The summed E-state index contributed by atoms with van der Waals surface area (Å²) in [5, 5.41) is 0. The molecule has 1 amide bonds. The second-order valence-electron chi connectivity index (χ2n) is 3.86. The fourth-order valence-corrected chi connectivity index (χ4v) is 2.53. The van der Waals surface area contributed by atoms with Gasteiger partial charge in [0, 0.05) is 12.0 Å². The van der Waals surface area contributed by atoms with E-state index in [1.165, 1.54) is 6.26 Å². The van der Waals surface area contributed by atoms with E-state index in [9.17, 15) is 17.6 Å². The van der Waals surface area contributed by atoms with Crippen LogP contribution in [0, 0.1) is 6.92 Å². The molecule has 1 heterocycles. The number of rotatable bonds is 6. The van der Waals surface area contributed by atoms with Crippen molar-refractivity contribution in [2.45, 2.75) is 26.7 Å². The molecule has 18 heavy (non-hydrogen) atoms. The minimum absolute atomic E-state index is 0.131. The summed E-state index contributed by atoms with van der Waals surface area (Å²) in [6.45, 7) is 2.72. The van der Waals surface area contributed by atoms with Gasteiger partial charge in [0.1, 0.15) is 5.76 Å². The van der Waals surface area contributed by atoms with Crippen LogP contribution in [0.3, 0.4) is 0 Å². The van der Waals surface area contributed by atoms with Gasteiger partial charge in [-0.1, -0.05) is 6.92 Å². The lowest BCUT2D eigenvalue weighted by Gasteiger charge is -2.06. The average Bonchev–Trinajstić information content (AvgIpc) is 2.67. The minimum atomic E-state index is -3.79. The molecule has 0 saturated carbocycles. The van der Waals surface area contributed by atoms with Crippen LogP contribution in [-0.2, 0) is 16.4 Å². The van der Waals surface area contributed by atoms with Crippen molar-refractivity contribution in [3.8, 4) is 0 Å². The van der Waals surface area contributed by atoms with Gasteiger partial charge in [0.2, 0.25) is 10.0 Å². The molecule has 0 saturated heterocycles. The Morgan fingerprint density at radius 2 is 2.17 bits per heavy atom. The second kappa shape index (κ2) is 5.99. The number of hydrogen-bond donors (Lipinski definition) is 1. The molecular weight excluding hydrogens is 261 g/mol. The molecule has 0 aliphatic carbocycles. The van der Waals surface area contributed by atoms with Crippen molar-refractivity contribution >= 4 is 15.9 Å². The van der Waals surface area contributed by atoms with E-state index in [-0.39, 0.29) is 12.0 Å². The highest BCUT2D eigenvalue weighted by atomic mass is 32.2. The van der Waals surface area contributed by atoms with Gasteiger partial charge < -0.3 is 4.42 Å². The van der Waals surface area contributed by atoms with E-state index < -0.39 is 28.4 Å². The van der Waals surface area contributed by atoms with Gasteiger partial charge in [0.05, 0.1) is 24.3 Å². The number of aryl methyl sites for hydroxylation is 2. The molecule has 1 N–H and O–H groups in total. The molecule has 0 radical (unpaired) electrons. The molecule has 0 aliphatic rings. The van der Waals surface area contributed by atoms with E-state index in [4.69, 9.17) is 4.42 Å². The third kappa shape index (κ3) is 3.56. The number of carbonyl (C=O) groups excluding carboxylic acids is 1. The molecule has 5 nitrogen and oxygen atoms in total. The fraction of sp³-hybridized carbons (Fsp3) is 0.545. The maximum absolute atomic E-state index is 11.9. The quantitative estimate of drug-likeness (QED) is 0.856. The Bertz CT molecular complexity index is 521. The normalized spacial score (nSPS) is 11.5. The molecule has 102 valence electrons. The smallest absolute Gasteiger partial charge is 0.268 e. The Balaban J connectivity index is 2.85. The molecule has 0 fully saturated rings. The average molecular weight is 277 g/mol. The molecular formula is C11H16FNO4S. The lowest BCUT2D eigenvalue weighted by Crippen LogP contribution is -2.33. The minimum Gasteiger partial charge on any atom is -0.468 e. The van der Waals surface area contributed by atoms with Gasteiger partial charge in [0.25, 0.3) is 5.91 Å². The van der Waals surface area contributed by atoms with Crippen molar-refractivity contribution < 1.29 is 22.0 Å². The number of nitrogens with one attached hydrogen (secondary N) is 1. The summed E-state index contributed by atoms with van der Waals surface area (Å²) < 4.78 is 41.9. The first-order valence-electron chi connectivity index (χ1n) is 5.59. The summed E-state index contributed by atoms with van der Waals surface area (Å²) in [6, 6.07) is 0. The van der Waals surface area contributed by atoms with Crippen LogP contribution in [0.5, 0.6) is 0 Å². The Morgan fingerprint density at radius 1 is 1.50 bits per heavy atom. The van der Waals surface area contributed by atoms with E-state index in [2.05, 4.69) is 0 Å². The van der Waals surface area contributed by atoms with Gasteiger partial charge in [-0.25, -0.2) is 13.1 Å². The maximum atomic E-state index is 11.9. The molecule has 1 rings (SSSR count). The number of hydrogen-bond acceptors (Lipinski definition) is 4. The van der Waals surface area contributed by atoms with Gasteiger partial charge in [-0.2, -0.15) is 0 Å². The monoisotopic (exact) mass is 277 g/mol. The lowest BCUT2D eigenvalue weighted by molar-refractivity contribution is 0.0979. The zero-order valence-corrected chi connectivity index (χ0v) is 11.1. The maximum Gasteiger partial charge on any atom is 0.268 e. The van der Waals surface area contributed by atoms with Gasteiger partial charge in [-0.15, -0.1) is 0 Å². The van der Waals surface area contributed by atoms with Crippen molar-refractivity contribution in [3.05, 3.63) is 23.2 Å². The van der Waals surface area contributed by atoms with Crippen LogP contribution in [0.15, 0.2) is 10.7 Å². The highest BCUT2D eigenvalue weighted by Crippen LogP contribution is 2.17. The molecule has 7 heteroatoms. The van der Waals surface area contributed by atoms with Crippen molar-refractivity contribution in [1.29, 1.82) is 0 Å². The summed E-state index contributed by atoms with van der Waals surface area (Å²) >= 11 is 0. The number of sulfonamides is 1. The first kappa shape index (κ1) is 14.7. The van der Waals surface area contributed by atoms with Crippen LogP contribution in [0.4, 0.5) is 4.39 Å². The standard InChI is InChI=1S/C11H16FNO4S/c1-3-9-10(8(2)7-17-9)11(14)13-18(15,16)6-4-5-12/h7H,3-6H2,1-2H3,(H,13,14). The highest BCUT2D eigenvalue weighted by molar-refractivity contribution is 7.90. The molecule has 0 atom stereocenters. The van der Waals surface area contributed by atoms with Crippen LogP contribution in [-0.4, -0.2) is 26.8 Å². The molecule has 0 unspecified atom stereocenters. The van der Waals surface area contributed by atoms with Crippen molar-refractivity contribution in [2.24, 2.45) is 0 Å². The van der Waals surface area contributed by atoms with Crippen molar-refractivity contribution in [3.63, 3.8) is 0 Å². The van der Waals surface area contributed by atoms with E-state index >= 15 is 0 Å². The Kier molecular flexibility index (Phi) is 4.89. The Labute approximate surface area is 105 Å². The molecule has 0 aromatic carbocycles. The van der Waals surface area contributed by atoms with Crippen LogP contribution in [0.25, 0.3) is 0 Å². The van der Waals surface area contributed by atoms with E-state index in [0.29, 0.717) is 17.7 Å². The van der Waals surface area contributed by atoms with E-state index in [1.54, 1.807) is 13.8 Å². The van der Waals surface area contributed by atoms with Crippen LogP contribution < -0.4 is 4.72 Å². The SMILES string of the molecule is CCc1occ(C)c1C(=O)NS(=O)(=O)CCCF. The van der Waals surface area contributed by atoms with Crippen LogP contribution >= 0.6 is 0 Å². The predicted molar refractivity (Wildman–Crippen MR) is 64.7 cm³/mol. The van der Waals surface area contributed by atoms with Gasteiger partial charge in [-0.05, 0) is 13.3 Å². The van der Waals surface area contributed by atoms with Gasteiger partial charge >= 0.3 is 0 Å². The fourth-order valence-electron chi connectivity index (χ4n) is 1.55. The summed E-state index contributed by atoms with van der Waals surface area (Å²) in [5.74, 6) is -0.698. The molecule has 1 aromatic heterocycles. The van der Waals surface area contributed by atoms with Gasteiger partial charge in [-0.3, -0.25) is 9.18 Å². The summed E-state index contributed by atoms with van der Waals surface area (Å²) in [4.78, 5) is 11.8. The first-order chi connectivity index (χ1) is 8.41. The first-order valence-corrected chi connectivity index (χ1v) is 7.24. The summed E-state index contributed by atoms with van der Waals surface area (Å²) in [6.07, 6.45) is 1.76. The van der Waals surface area contributed by atoms with E-state index in [0.717, 1.165) is 0 Å². The molecule has 0 bridgehead atoms. The third-order valence-electron chi connectivity index (χ3n) is 2.39. The van der Waals surface area contributed by atoms with Crippen molar-refractivity contribution in [1.82, 2.24) is 4.72 Å².